The maximum atomic E-state index is 12.3. The Balaban J connectivity index is 1.36. The van der Waals surface area contributed by atoms with Crippen LogP contribution in [-0.2, 0) is 11.2 Å². The fraction of sp³-hybridized carbons (Fsp3) is 0.231. The third kappa shape index (κ3) is 4.77. The van der Waals surface area contributed by atoms with Crippen molar-refractivity contribution in [3.63, 3.8) is 0 Å². The van der Waals surface area contributed by atoms with E-state index in [1.54, 1.807) is 0 Å². The van der Waals surface area contributed by atoms with Gasteiger partial charge in [-0.25, -0.2) is 4.98 Å². The molecule has 0 aliphatic carbocycles. The Morgan fingerprint density at radius 1 is 1.00 bits per heavy atom. The third-order valence-corrected chi connectivity index (χ3v) is 5.37. The molecular weight excluding hydrogens is 388 g/mol. The van der Waals surface area contributed by atoms with E-state index < -0.39 is 0 Å². The summed E-state index contributed by atoms with van der Waals surface area (Å²) in [5.41, 5.74) is 7.96. The van der Waals surface area contributed by atoms with E-state index in [9.17, 15) is 4.79 Å². The molecule has 31 heavy (non-hydrogen) atoms. The van der Waals surface area contributed by atoms with E-state index in [4.69, 9.17) is 9.15 Å². The Morgan fingerprint density at radius 3 is 2.55 bits per heavy atom. The van der Waals surface area contributed by atoms with Gasteiger partial charge in [0.2, 0.25) is 0 Å². The molecule has 1 N–H and O–H groups in total. The molecule has 0 aliphatic heterocycles. The molecule has 0 unspecified atom stereocenters. The van der Waals surface area contributed by atoms with E-state index in [2.05, 4.69) is 23.3 Å². The summed E-state index contributed by atoms with van der Waals surface area (Å²) in [6, 6.07) is 17.6. The number of rotatable bonds is 6. The van der Waals surface area contributed by atoms with Crippen molar-refractivity contribution in [2.75, 3.05) is 11.9 Å². The Bertz CT molecular complexity index is 1240. The lowest BCUT2D eigenvalue weighted by Crippen LogP contribution is -2.20. The number of aromatic nitrogens is 1. The second-order valence-corrected chi connectivity index (χ2v) is 7.95. The molecule has 5 heteroatoms. The Kier molecular flexibility index (Phi) is 5.76. The minimum absolute atomic E-state index is 0.0340. The van der Waals surface area contributed by atoms with Crippen LogP contribution < -0.4 is 10.1 Å². The number of hydrogen-bond acceptors (Lipinski definition) is 4. The number of oxazole rings is 1. The minimum atomic E-state index is -0.196. The highest BCUT2D eigenvalue weighted by Gasteiger charge is 2.10. The first-order valence-corrected chi connectivity index (χ1v) is 10.3. The Labute approximate surface area is 182 Å². The number of hydrogen-bond donors (Lipinski definition) is 1. The first-order chi connectivity index (χ1) is 14.9. The lowest BCUT2D eigenvalue weighted by atomic mass is 10.1. The van der Waals surface area contributed by atoms with Gasteiger partial charge in [-0.1, -0.05) is 30.3 Å². The SMILES string of the molecule is Cc1cc(C)c2oc(Cc3ccc(NC(=O)COc4cccc(C)c4C)cc3)nc2c1. The molecule has 0 bridgehead atoms. The largest absolute Gasteiger partial charge is 0.483 e. The molecular formula is C26H26N2O3. The van der Waals surface area contributed by atoms with Crippen molar-refractivity contribution in [3.05, 3.63) is 88.3 Å². The molecule has 0 saturated heterocycles. The lowest BCUT2D eigenvalue weighted by Gasteiger charge is -2.11. The van der Waals surface area contributed by atoms with E-state index in [-0.39, 0.29) is 12.5 Å². The van der Waals surface area contributed by atoms with Crippen molar-refractivity contribution >= 4 is 22.7 Å². The van der Waals surface area contributed by atoms with E-state index in [1.807, 2.05) is 69.3 Å². The summed E-state index contributed by atoms with van der Waals surface area (Å²) >= 11 is 0. The highest BCUT2D eigenvalue weighted by atomic mass is 16.5. The average Bonchev–Trinajstić information content (AvgIpc) is 3.13. The zero-order valence-electron chi connectivity index (χ0n) is 18.3. The van der Waals surface area contributed by atoms with E-state index in [1.165, 1.54) is 5.56 Å². The van der Waals surface area contributed by atoms with E-state index >= 15 is 0 Å². The summed E-state index contributed by atoms with van der Waals surface area (Å²) in [5, 5.41) is 2.87. The van der Waals surface area contributed by atoms with Crippen molar-refractivity contribution in [3.8, 4) is 5.75 Å². The highest BCUT2D eigenvalue weighted by Crippen LogP contribution is 2.23. The first-order valence-electron chi connectivity index (χ1n) is 10.3. The van der Waals surface area contributed by atoms with Crippen LogP contribution in [0.3, 0.4) is 0 Å². The predicted molar refractivity (Wildman–Crippen MR) is 123 cm³/mol. The van der Waals surface area contributed by atoms with Gasteiger partial charge in [0.05, 0.1) is 0 Å². The summed E-state index contributed by atoms with van der Waals surface area (Å²) in [4.78, 5) is 16.9. The van der Waals surface area contributed by atoms with Crippen LogP contribution >= 0.6 is 0 Å². The zero-order valence-corrected chi connectivity index (χ0v) is 18.3. The van der Waals surface area contributed by atoms with Gasteiger partial charge < -0.3 is 14.5 Å². The van der Waals surface area contributed by atoms with Crippen molar-refractivity contribution < 1.29 is 13.9 Å². The molecule has 5 nitrogen and oxygen atoms in total. The van der Waals surface area contributed by atoms with E-state index in [0.29, 0.717) is 12.3 Å². The molecule has 0 atom stereocenters. The van der Waals surface area contributed by atoms with Crippen molar-refractivity contribution in [2.45, 2.75) is 34.1 Å². The standard InChI is InChI=1S/C26H26N2O3/c1-16-12-18(3)26-22(13-16)28-25(31-26)14-20-8-10-21(11-9-20)27-24(29)15-30-23-7-5-6-17(2)19(23)4/h5-13H,14-15H2,1-4H3,(H,27,29). The van der Waals surface area contributed by atoms with Crippen LogP contribution in [0.4, 0.5) is 5.69 Å². The van der Waals surface area contributed by atoms with Gasteiger partial charge in [0.25, 0.3) is 5.91 Å². The van der Waals surface area contributed by atoms with Gasteiger partial charge in [0.15, 0.2) is 18.1 Å². The fourth-order valence-corrected chi connectivity index (χ4v) is 3.60. The first kappa shape index (κ1) is 20.7. The number of aryl methyl sites for hydroxylation is 3. The molecule has 4 rings (SSSR count). The monoisotopic (exact) mass is 414 g/mol. The third-order valence-electron chi connectivity index (χ3n) is 5.37. The van der Waals surface area contributed by atoms with Crippen molar-refractivity contribution in [1.29, 1.82) is 0 Å². The summed E-state index contributed by atoms with van der Waals surface area (Å²) in [5.74, 6) is 1.22. The number of carbonyl (C=O) groups is 1. The highest BCUT2D eigenvalue weighted by molar-refractivity contribution is 5.91. The number of carbonyl (C=O) groups excluding carboxylic acids is 1. The molecule has 1 heterocycles. The van der Waals surface area contributed by atoms with Gasteiger partial charge in [-0.15, -0.1) is 0 Å². The maximum absolute atomic E-state index is 12.3. The molecule has 3 aromatic carbocycles. The summed E-state index contributed by atoms with van der Waals surface area (Å²) in [6.07, 6.45) is 0.594. The molecule has 1 amide bonds. The van der Waals surface area contributed by atoms with Crippen LogP contribution in [0.1, 0.15) is 33.7 Å². The number of nitrogens with zero attached hydrogens (tertiary/aromatic N) is 1. The van der Waals surface area contributed by atoms with Crippen LogP contribution in [0.25, 0.3) is 11.1 Å². The number of anilines is 1. The molecule has 0 spiro atoms. The van der Waals surface area contributed by atoms with Crippen LogP contribution in [0.5, 0.6) is 5.75 Å². The Hall–Kier alpha value is -3.60. The molecule has 158 valence electrons. The van der Waals surface area contributed by atoms with Crippen LogP contribution in [0.15, 0.2) is 59.0 Å². The summed E-state index contributed by atoms with van der Waals surface area (Å²) in [7, 11) is 0. The quantitative estimate of drug-likeness (QED) is 0.441. The second kappa shape index (κ2) is 8.64. The van der Waals surface area contributed by atoms with Gasteiger partial charge in [0, 0.05) is 12.1 Å². The average molecular weight is 415 g/mol. The molecule has 0 saturated carbocycles. The topological polar surface area (TPSA) is 64.4 Å². The van der Waals surface area contributed by atoms with E-state index in [0.717, 1.165) is 44.8 Å². The van der Waals surface area contributed by atoms with Gasteiger partial charge in [-0.2, -0.15) is 0 Å². The van der Waals surface area contributed by atoms with Crippen LogP contribution in [0.2, 0.25) is 0 Å². The molecule has 1 aromatic heterocycles. The van der Waals surface area contributed by atoms with Gasteiger partial charge >= 0.3 is 0 Å². The smallest absolute Gasteiger partial charge is 0.262 e. The number of amides is 1. The zero-order chi connectivity index (χ0) is 22.0. The predicted octanol–water partition coefficient (Wildman–Crippen LogP) is 5.67. The molecule has 0 aliphatic rings. The van der Waals surface area contributed by atoms with Crippen LogP contribution in [-0.4, -0.2) is 17.5 Å². The normalized spacial score (nSPS) is 11.0. The fourth-order valence-electron chi connectivity index (χ4n) is 3.60. The minimum Gasteiger partial charge on any atom is -0.483 e. The van der Waals surface area contributed by atoms with Gasteiger partial charge in [-0.3, -0.25) is 4.79 Å². The van der Waals surface area contributed by atoms with Crippen molar-refractivity contribution in [1.82, 2.24) is 4.98 Å². The van der Waals surface area contributed by atoms with Gasteiger partial charge in [0.1, 0.15) is 11.3 Å². The molecule has 0 radical (unpaired) electrons. The Morgan fingerprint density at radius 2 is 1.77 bits per heavy atom. The lowest BCUT2D eigenvalue weighted by molar-refractivity contribution is -0.118. The summed E-state index contributed by atoms with van der Waals surface area (Å²) < 4.78 is 11.6. The summed E-state index contributed by atoms with van der Waals surface area (Å²) in [6.45, 7) is 8.06. The molecule has 0 fully saturated rings. The van der Waals surface area contributed by atoms with Crippen LogP contribution in [0, 0.1) is 27.7 Å². The van der Waals surface area contributed by atoms with Gasteiger partial charge in [-0.05, 0) is 79.8 Å². The number of fused-ring (bicyclic) bond motifs is 1. The van der Waals surface area contributed by atoms with Crippen molar-refractivity contribution in [2.24, 2.45) is 0 Å². The number of benzene rings is 3. The number of ether oxygens (including phenoxy) is 1. The maximum Gasteiger partial charge on any atom is 0.262 e. The number of nitrogens with one attached hydrogen (secondary N) is 1. The second-order valence-electron chi connectivity index (χ2n) is 7.95. The molecule has 4 aromatic rings.